The second kappa shape index (κ2) is 7.78. The molecule has 1 aromatic carbocycles. The summed E-state index contributed by atoms with van der Waals surface area (Å²) in [4.78, 5) is 15.8. The number of amides is 1. The molecule has 2 rings (SSSR count). The third kappa shape index (κ3) is 4.69. The minimum Gasteiger partial charge on any atom is -0.383 e. The largest absolute Gasteiger partial charge is 0.418 e. The van der Waals surface area contributed by atoms with E-state index in [9.17, 15) is 18.0 Å². The molecule has 128 valence electrons. The van der Waals surface area contributed by atoms with Crippen LogP contribution < -0.4 is 10.6 Å². The zero-order valence-corrected chi connectivity index (χ0v) is 12.9. The van der Waals surface area contributed by atoms with Crippen LogP contribution in [0.1, 0.15) is 16.1 Å². The van der Waals surface area contributed by atoms with Gasteiger partial charge in [0.1, 0.15) is 5.69 Å². The molecular formula is C16H16F3N3O2. The fraction of sp³-hybridized carbons (Fsp3) is 0.250. The van der Waals surface area contributed by atoms with Crippen LogP contribution in [-0.4, -0.2) is 31.2 Å². The van der Waals surface area contributed by atoms with Crippen LogP contribution in [0.3, 0.4) is 0 Å². The highest BCUT2D eigenvalue weighted by atomic mass is 19.4. The molecule has 0 radical (unpaired) electrons. The normalized spacial score (nSPS) is 11.2. The highest BCUT2D eigenvalue weighted by Crippen LogP contribution is 2.35. The number of carbonyl (C=O) groups excluding carboxylic acids is 1. The van der Waals surface area contributed by atoms with E-state index in [1.807, 2.05) is 0 Å². The molecule has 0 spiro atoms. The fourth-order valence-electron chi connectivity index (χ4n) is 1.98. The van der Waals surface area contributed by atoms with Gasteiger partial charge in [0.25, 0.3) is 5.91 Å². The number of anilines is 2. The van der Waals surface area contributed by atoms with Gasteiger partial charge in [0, 0.05) is 25.5 Å². The SMILES string of the molecule is COCCNC(=O)c1cc(Nc2ccccc2C(F)(F)F)ccn1. The Labute approximate surface area is 136 Å². The predicted octanol–water partition coefficient (Wildman–Crippen LogP) is 3.22. The van der Waals surface area contributed by atoms with E-state index in [0.29, 0.717) is 18.8 Å². The highest BCUT2D eigenvalue weighted by Gasteiger charge is 2.33. The number of aromatic nitrogens is 1. The van der Waals surface area contributed by atoms with Gasteiger partial charge in [-0.2, -0.15) is 13.2 Å². The van der Waals surface area contributed by atoms with E-state index in [4.69, 9.17) is 4.74 Å². The van der Waals surface area contributed by atoms with Crippen LogP contribution in [0.25, 0.3) is 0 Å². The molecule has 0 atom stereocenters. The number of halogens is 3. The quantitative estimate of drug-likeness (QED) is 0.793. The van der Waals surface area contributed by atoms with Crippen LogP contribution in [0.15, 0.2) is 42.6 Å². The van der Waals surface area contributed by atoms with Gasteiger partial charge in [-0.05, 0) is 24.3 Å². The molecule has 8 heteroatoms. The molecule has 5 nitrogen and oxygen atoms in total. The maximum Gasteiger partial charge on any atom is 0.418 e. The molecule has 2 N–H and O–H groups in total. The van der Waals surface area contributed by atoms with E-state index in [2.05, 4.69) is 15.6 Å². The molecule has 24 heavy (non-hydrogen) atoms. The topological polar surface area (TPSA) is 63.2 Å². The van der Waals surface area contributed by atoms with Gasteiger partial charge in [0.15, 0.2) is 0 Å². The number of hydrogen-bond donors (Lipinski definition) is 2. The summed E-state index contributed by atoms with van der Waals surface area (Å²) >= 11 is 0. The van der Waals surface area contributed by atoms with Crippen molar-refractivity contribution in [3.63, 3.8) is 0 Å². The Bertz CT molecular complexity index is 705. The Kier molecular flexibility index (Phi) is 5.75. The van der Waals surface area contributed by atoms with Crippen LogP contribution in [0.2, 0.25) is 0 Å². The number of methoxy groups -OCH3 is 1. The molecule has 0 unspecified atom stereocenters. The molecule has 0 fully saturated rings. The van der Waals surface area contributed by atoms with Crippen molar-refractivity contribution in [1.82, 2.24) is 10.3 Å². The summed E-state index contributed by atoms with van der Waals surface area (Å²) in [6.07, 6.45) is -3.12. The second-order valence-electron chi connectivity index (χ2n) is 4.85. The third-order valence-electron chi connectivity index (χ3n) is 3.10. The highest BCUT2D eigenvalue weighted by molar-refractivity contribution is 5.93. The molecule has 0 saturated carbocycles. The van der Waals surface area contributed by atoms with Gasteiger partial charge in [-0.3, -0.25) is 9.78 Å². The standard InChI is InChI=1S/C16H16F3N3O2/c1-24-9-8-21-15(23)14-10-11(6-7-20-14)22-13-5-3-2-4-12(13)16(17,18)19/h2-7,10H,8-9H2,1H3,(H,20,22)(H,21,23). The molecule has 0 saturated heterocycles. The van der Waals surface area contributed by atoms with Crippen LogP contribution in [0.4, 0.5) is 24.5 Å². The van der Waals surface area contributed by atoms with Crippen LogP contribution in [0.5, 0.6) is 0 Å². The minimum absolute atomic E-state index is 0.0954. The molecule has 0 aliphatic rings. The van der Waals surface area contributed by atoms with Crippen molar-refractivity contribution >= 4 is 17.3 Å². The Morgan fingerprint density at radius 2 is 2.00 bits per heavy atom. The molecule has 0 aliphatic heterocycles. The molecule has 0 bridgehead atoms. The van der Waals surface area contributed by atoms with Gasteiger partial charge in [-0.25, -0.2) is 0 Å². The molecule has 1 aromatic heterocycles. The van der Waals surface area contributed by atoms with Crippen LogP contribution in [0, 0.1) is 0 Å². The Balaban J connectivity index is 2.17. The molecule has 1 heterocycles. The average Bonchev–Trinajstić information content (AvgIpc) is 2.55. The molecule has 0 aliphatic carbocycles. The number of benzene rings is 1. The number of pyridine rings is 1. The molecular weight excluding hydrogens is 323 g/mol. The van der Waals surface area contributed by atoms with E-state index in [1.54, 1.807) is 0 Å². The van der Waals surface area contributed by atoms with Gasteiger partial charge in [0.05, 0.1) is 17.9 Å². The predicted molar refractivity (Wildman–Crippen MR) is 83.2 cm³/mol. The van der Waals surface area contributed by atoms with Gasteiger partial charge in [-0.15, -0.1) is 0 Å². The smallest absolute Gasteiger partial charge is 0.383 e. The minimum atomic E-state index is -4.48. The summed E-state index contributed by atoms with van der Waals surface area (Å²) < 4.78 is 43.8. The number of nitrogens with zero attached hydrogens (tertiary/aromatic N) is 1. The number of ether oxygens (including phenoxy) is 1. The first-order valence-corrected chi connectivity index (χ1v) is 7.08. The van der Waals surface area contributed by atoms with Gasteiger partial charge >= 0.3 is 6.18 Å². The summed E-state index contributed by atoms with van der Waals surface area (Å²) in [7, 11) is 1.51. The van der Waals surface area contributed by atoms with Gasteiger partial charge in [0.2, 0.25) is 0 Å². The van der Waals surface area contributed by atoms with Crippen molar-refractivity contribution in [3.8, 4) is 0 Å². The van der Waals surface area contributed by atoms with E-state index >= 15 is 0 Å². The summed E-state index contributed by atoms with van der Waals surface area (Å²) in [5, 5.41) is 5.27. The summed E-state index contributed by atoms with van der Waals surface area (Å²) in [5.41, 5.74) is -0.450. The lowest BCUT2D eigenvalue weighted by Crippen LogP contribution is -2.27. The number of hydrogen-bond acceptors (Lipinski definition) is 4. The zero-order chi connectivity index (χ0) is 17.6. The fourth-order valence-corrected chi connectivity index (χ4v) is 1.98. The lowest BCUT2D eigenvalue weighted by atomic mass is 10.1. The number of carbonyl (C=O) groups is 1. The number of rotatable bonds is 6. The van der Waals surface area contributed by atoms with E-state index in [0.717, 1.165) is 6.07 Å². The van der Waals surface area contributed by atoms with Crippen molar-refractivity contribution in [1.29, 1.82) is 0 Å². The van der Waals surface area contributed by atoms with Crippen molar-refractivity contribution in [2.45, 2.75) is 6.18 Å². The van der Waals surface area contributed by atoms with Gasteiger partial charge in [-0.1, -0.05) is 12.1 Å². The van der Waals surface area contributed by atoms with Crippen molar-refractivity contribution in [2.75, 3.05) is 25.6 Å². The molecule has 1 amide bonds. The first-order valence-electron chi connectivity index (χ1n) is 7.08. The second-order valence-corrected chi connectivity index (χ2v) is 4.85. The van der Waals surface area contributed by atoms with Crippen LogP contribution in [-0.2, 0) is 10.9 Å². The maximum atomic E-state index is 13.0. The Morgan fingerprint density at radius 1 is 1.25 bits per heavy atom. The lowest BCUT2D eigenvalue weighted by molar-refractivity contribution is -0.136. The van der Waals surface area contributed by atoms with Crippen molar-refractivity contribution < 1.29 is 22.7 Å². The number of para-hydroxylation sites is 1. The zero-order valence-electron chi connectivity index (χ0n) is 12.9. The number of nitrogens with one attached hydrogen (secondary N) is 2. The van der Waals surface area contributed by atoms with Crippen LogP contribution >= 0.6 is 0 Å². The van der Waals surface area contributed by atoms with E-state index in [1.165, 1.54) is 43.6 Å². The van der Waals surface area contributed by atoms with Gasteiger partial charge < -0.3 is 15.4 Å². The lowest BCUT2D eigenvalue weighted by Gasteiger charge is -2.14. The van der Waals surface area contributed by atoms with Crippen molar-refractivity contribution in [3.05, 3.63) is 53.9 Å². The number of alkyl halides is 3. The Hall–Kier alpha value is -2.61. The maximum absolute atomic E-state index is 13.0. The summed E-state index contributed by atoms with van der Waals surface area (Å²) in [6.45, 7) is 0.661. The van der Waals surface area contributed by atoms with E-state index in [-0.39, 0.29) is 11.4 Å². The average molecular weight is 339 g/mol. The first-order chi connectivity index (χ1) is 11.4. The first kappa shape index (κ1) is 17.7. The van der Waals surface area contributed by atoms with E-state index < -0.39 is 17.6 Å². The monoisotopic (exact) mass is 339 g/mol. The van der Waals surface area contributed by atoms with Crippen molar-refractivity contribution in [2.24, 2.45) is 0 Å². The molecule has 2 aromatic rings. The Morgan fingerprint density at radius 3 is 2.71 bits per heavy atom. The summed E-state index contributed by atoms with van der Waals surface area (Å²) in [5.74, 6) is -0.431. The third-order valence-corrected chi connectivity index (χ3v) is 3.10. The summed E-state index contributed by atoms with van der Waals surface area (Å²) in [6, 6.07) is 7.99.